The molecule has 0 N–H and O–H groups in total. The minimum Gasteiger partial charge on any atom is -0.343 e. The van der Waals surface area contributed by atoms with Gasteiger partial charge in [0.15, 0.2) is 0 Å². The van der Waals surface area contributed by atoms with Gasteiger partial charge in [0.1, 0.15) is 4.32 Å². The second-order valence-electron chi connectivity index (χ2n) is 7.00. The van der Waals surface area contributed by atoms with Gasteiger partial charge in [-0.3, -0.25) is 14.5 Å². The fourth-order valence-corrected chi connectivity index (χ4v) is 4.73. The summed E-state index contributed by atoms with van der Waals surface area (Å²) >= 11 is 6.75. The molecule has 2 aliphatic rings. The Morgan fingerprint density at radius 3 is 2.56 bits per heavy atom. The third-order valence-corrected chi connectivity index (χ3v) is 6.33. The number of likely N-dealkylation sites (tertiary alicyclic amines) is 1. The maximum atomic E-state index is 12.6. The predicted molar refractivity (Wildman–Crippen MR) is 115 cm³/mol. The van der Waals surface area contributed by atoms with E-state index in [-0.39, 0.29) is 11.8 Å². The number of nitrogens with zero attached hydrogens (tertiary/aromatic N) is 2. The maximum absolute atomic E-state index is 12.6. The van der Waals surface area contributed by atoms with Crippen LogP contribution in [0.25, 0.3) is 6.08 Å². The van der Waals surface area contributed by atoms with E-state index in [0.717, 1.165) is 50.8 Å². The van der Waals surface area contributed by atoms with Crippen molar-refractivity contribution in [3.8, 4) is 0 Å². The molecule has 0 saturated carbocycles. The second kappa shape index (κ2) is 10.0. The molecule has 1 aromatic rings. The van der Waals surface area contributed by atoms with Crippen LogP contribution in [0.5, 0.6) is 0 Å². The van der Waals surface area contributed by atoms with Crippen molar-refractivity contribution < 1.29 is 9.59 Å². The first-order valence-corrected chi connectivity index (χ1v) is 11.0. The lowest BCUT2D eigenvalue weighted by molar-refractivity contribution is -0.132. The highest BCUT2D eigenvalue weighted by atomic mass is 32.2. The van der Waals surface area contributed by atoms with Crippen LogP contribution >= 0.6 is 24.0 Å². The molecule has 2 fully saturated rings. The second-order valence-corrected chi connectivity index (χ2v) is 8.67. The van der Waals surface area contributed by atoms with Crippen LogP contribution in [0.4, 0.5) is 0 Å². The third kappa shape index (κ3) is 5.66. The summed E-state index contributed by atoms with van der Waals surface area (Å²) in [6.07, 6.45) is 8.72. The monoisotopic (exact) mass is 402 g/mol. The number of rotatable bonds is 7. The van der Waals surface area contributed by atoms with Crippen LogP contribution in [0, 0.1) is 0 Å². The van der Waals surface area contributed by atoms with Crippen LogP contribution in [-0.4, -0.2) is 45.6 Å². The number of carbonyl (C=O) groups excluding carboxylic acids is 2. The predicted octanol–water partition coefficient (Wildman–Crippen LogP) is 4.46. The van der Waals surface area contributed by atoms with E-state index >= 15 is 0 Å². The fraction of sp³-hybridized carbons (Fsp3) is 0.476. The normalized spacial score (nSPS) is 19.2. The Bertz CT molecular complexity index is 712. The number of piperidine rings is 1. The molecule has 3 rings (SSSR count). The van der Waals surface area contributed by atoms with E-state index in [1.54, 1.807) is 4.90 Å². The van der Waals surface area contributed by atoms with Gasteiger partial charge in [-0.05, 0) is 43.7 Å². The lowest BCUT2D eigenvalue weighted by Gasteiger charge is -2.26. The van der Waals surface area contributed by atoms with Gasteiger partial charge in [-0.2, -0.15) is 0 Å². The summed E-state index contributed by atoms with van der Waals surface area (Å²) in [7, 11) is 0. The van der Waals surface area contributed by atoms with Gasteiger partial charge in [0.25, 0.3) is 5.91 Å². The number of carbonyl (C=O) groups is 2. The summed E-state index contributed by atoms with van der Waals surface area (Å²) in [5.41, 5.74) is 1.01. The summed E-state index contributed by atoms with van der Waals surface area (Å²) in [6.45, 7) is 2.47. The molecule has 2 saturated heterocycles. The molecular weight excluding hydrogens is 376 g/mol. The van der Waals surface area contributed by atoms with Crippen molar-refractivity contribution in [1.82, 2.24) is 9.80 Å². The van der Waals surface area contributed by atoms with Gasteiger partial charge in [0.05, 0.1) is 4.91 Å². The Balaban J connectivity index is 1.40. The molecule has 0 aromatic heterocycles. The van der Waals surface area contributed by atoms with Gasteiger partial charge in [-0.25, -0.2) is 0 Å². The van der Waals surface area contributed by atoms with Crippen molar-refractivity contribution in [1.29, 1.82) is 0 Å². The first kappa shape index (κ1) is 20.1. The molecule has 0 atom stereocenters. The summed E-state index contributed by atoms with van der Waals surface area (Å²) < 4.78 is 0.631. The highest BCUT2D eigenvalue weighted by Crippen LogP contribution is 2.32. The van der Waals surface area contributed by atoms with Crippen molar-refractivity contribution in [3.63, 3.8) is 0 Å². The van der Waals surface area contributed by atoms with Crippen molar-refractivity contribution >= 4 is 46.2 Å². The Labute approximate surface area is 171 Å². The smallest absolute Gasteiger partial charge is 0.266 e. The first-order chi connectivity index (χ1) is 13.1. The van der Waals surface area contributed by atoms with Crippen LogP contribution in [-0.2, 0) is 9.59 Å². The zero-order valence-corrected chi connectivity index (χ0v) is 17.2. The largest absolute Gasteiger partial charge is 0.343 e. The highest BCUT2D eigenvalue weighted by molar-refractivity contribution is 8.26. The summed E-state index contributed by atoms with van der Waals surface area (Å²) in [5, 5.41) is 0. The summed E-state index contributed by atoms with van der Waals surface area (Å²) in [5.74, 6) is 0.282. The fourth-order valence-electron chi connectivity index (χ4n) is 3.42. The highest BCUT2D eigenvalue weighted by Gasteiger charge is 2.31. The molecule has 4 nitrogen and oxygen atoms in total. The quantitative estimate of drug-likeness (QED) is 0.384. The van der Waals surface area contributed by atoms with E-state index in [9.17, 15) is 9.59 Å². The van der Waals surface area contributed by atoms with E-state index in [1.165, 1.54) is 18.2 Å². The number of thiocarbonyl (C=S) groups is 1. The average Bonchev–Trinajstić information content (AvgIpc) is 2.96. The van der Waals surface area contributed by atoms with Gasteiger partial charge >= 0.3 is 0 Å². The average molecular weight is 403 g/mol. The van der Waals surface area contributed by atoms with Gasteiger partial charge in [0.2, 0.25) is 5.91 Å². The van der Waals surface area contributed by atoms with E-state index < -0.39 is 0 Å². The minimum absolute atomic E-state index is 0.00162. The van der Waals surface area contributed by atoms with Crippen LogP contribution in [0.2, 0.25) is 0 Å². The van der Waals surface area contributed by atoms with Crippen molar-refractivity contribution in [3.05, 3.63) is 40.8 Å². The van der Waals surface area contributed by atoms with E-state index in [0.29, 0.717) is 22.2 Å². The first-order valence-electron chi connectivity index (χ1n) is 9.73. The molecule has 2 amide bonds. The van der Waals surface area contributed by atoms with Crippen LogP contribution in [0.3, 0.4) is 0 Å². The molecule has 2 heterocycles. The molecule has 0 bridgehead atoms. The Hall–Kier alpha value is -1.66. The van der Waals surface area contributed by atoms with Crippen LogP contribution in [0.15, 0.2) is 35.2 Å². The Kier molecular flexibility index (Phi) is 7.47. The number of thioether (sulfide) groups is 1. The Morgan fingerprint density at radius 1 is 1.07 bits per heavy atom. The van der Waals surface area contributed by atoms with Gasteiger partial charge in [0, 0.05) is 26.1 Å². The third-order valence-electron chi connectivity index (χ3n) is 4.95. The summed E-state index contributed by atoms with van der Waals surface area (Å²) in [4.78, 5) is 29.1. The number of benzene rings is 1. The number of amides is 2. The SMILES string of the molecule is O=C(CCCCCN1C(=O)C(=Cc2ccccc2)SC1=S)N1CCCCC1. The molecule has 2 aliphatic heterocycles. The zero-order chi connectivity index (χ0) is 19.1. The molecule has 1 aromatic carbocycles. The molecule has 144 valence electrons. The van der Waals surface area contributed by atoms with E-state index in [4.69, 9.17) is 12.2 Å². The van der Waals surface area contributed by atoms with E-state index in [2.05, 4.69) is 0 Å². The minimum atomic E-state index is -0.00162. The molecule has 0 unspecified atom stereocenters. The Morgan fingerprint density at radius 2 is 1.81 bits per heavy atom. The van der Waals surface area contributed by atoms with Crippen molar-refractivity contribution in [2.24, 2.45) is 0 Å². The van der Waals surface area contributed by atoms with Crippen molar-refractivity contribution in [2.75, 3.05) is 19.6 Å². The molecule has 6 heteroatoms. The number of hydrogen-bond donors (Lipinski definition) is 0. The number of hydrogen-bond acceptors (Lipinski definition) is 4. The van der Waals surface area contributed by atoms with Crippen molar-refractivity contribution in [2.45, 2.75) is 44.9 Å². The van der Waals surface area contributed by atoms with Gasteiger partial charge in [-0.15, -0.1) is 0 Å². The molecule has 27 heavy (non-hydrogen) atoms. The van der Waals surface area contributed by atoms with Gasteiger partial charge < -0.3 is 4.90 Å². The number of unbranched alkanes of at least 4 members (excludes halogenated alkanes) is 2. The standard InChI is InChI=1S/C21H26N2O2S2/c24-19(22-13-7-3-8-14-22)12-6-2-9-15-23-20(25)18(27-21(23)26)16-17-10-4-1-5-11-17/h1,4-5,10-11,16H,2-3,6-9,12-15H2. The van der Waals surface area contributed by atoms with Crippen LogP contribution in [0.1, 0.15) is 50.5 Å². The topological polar surface area (TPSA) is 40.6 Å². The maximum Gasteiger partial charge on any atom is 0.266 e. The van der Waals surface area contributed by atoms with Gasteiger partial charge in [-0.1, -0.05) is 60.7 Å². The van der Waals surface area contributed by atoms with E-state index in [1.807, 2.05) is 41.3 Å². The molecule has 0 spiro atoms. The van der Waals surface area contributed by atoms with Crippen LogP contribution < -0.4 is 0 Å². The lowest BCUT2D eigenvalue weighted by Crippen LogP contribution is -2.35. The molecular formula is C21H26N2O2S2. The zero-order valence-electron chi connectivity index (χ0n) is 15.6. The molecule has 0 radical (unpaired) electrons. The summed E-state index contributed by atoms with van der Waals surface area (Å²) in [6, 6.07) is 9.83. The molecule has 0 aliphatic carbocycles. The lowest BCUT2D eigenvalue weighted by atomic mass is 10.1.